The number of hydrogen-bond acceptors (Lipinski definition) is 4. The first-order valence-electron chi connectivity index (χ1n) is 10.7. The Balaban J connectivity index is 0.00000512. The summed E-state index contributed by atoms with van der Waals surface area (Å²) in [5.41, 5.74) is 0. The van der Waals surface area contributed by atoms with Gasteiger partial charge >= 0.3 is 6.18 Å². The molecule has 1 N–H and O–H groups in total. The lowest BCUT2D eigenvalue weighted by atomic mass is 9.92. The summed E-state index contributed by atoms with van der Waals surface area (Å²) >= 11 is 0. The van der Waals surface area contributed by atoms with E-state index in [2.05, 4.69) is 29.1 Å². The Bertz CT molecular complexity index is 646. The second-order valence-electron chi connectivity index (χ2n) is 8.77. The molecule has 8 nitrogen and oxygen atoms in total. The van der Waals surface area contributed by atoms with E-state index in [4.69, 9.17) is 0 Å². The van der Waals surface area contributed by atoms with Crippen molar-refractivity contribution in [2.24, 2.45) is 16.8 Å². The van der Waals surface area contributed by atoms with Crippen LogP contribution in [-0.4, -0.2) is 117 Å². The van der Waals surface area contributed by atoms with Crippen LogP contribution in [0.5, 0.6) is 0 Å². The fourth-order valence-electron chi connectivity index (χ4n) is 4.25. The molecule has 0 spiro atoms. The summed E-state index contributed by atoms with van der Waals surface area (Å²) in [5, 5.41) is 2.85. The van der Waals surface area contributed by atoms with Gasteiger partial charge in [-0.2, -0.15) is 13.2 Å². The Morgan fingerprint density at radius 2 is 1.62 bits per heavy atom. The van der Waals surface area contributed by atoms with Crippen molar-refractivity contribution in [1.29, 1.82) is 0 Å². The number of rotatable bonds is 5. The molecule has 0 radical (unpaired) electrons. The predicted molar refractivity (Wildman–Crippen MR) is 128 cm³/mol. The van der Waals surface area contributed by atoms with E-state index in [1.54, 1.807) is 7.05 Å². The molecule has 2 atom stereocenters. The lowest BCUT2D eigenvalue weighted by Gasteiger charge is -2.39. The van der Waals surface area contributed by atoms with Gasteiger partial charge < -0.3 is 20.0 Å². The quantitative estimate of drug-likeness (QED) is 0.304. The third-order valence-corrected chi connectivity index (χ3v) is 5.70. The maximum atomic E-state index is 12.7. The molecule has 2 fully saturated rings. The molecule has 2 aliphatic rings. The predicted octanol–water partition coefficient (Wildman–Crippen LogP) is 1.32. The van der Waals surface area contributed by atoms with Crippen molar-refractivity contribution in [3.8, 4) is 0 Å². The number of likely N-dealkylation sites (N-methyl/N-ethyl adjacent to an activating group) is 1. The number of guanidine groups is 1. The Morgan fingerprint density at radius 3 is 2.12 bits per heavy atom. The van der Waals surface area contributed by atoms with Crippen LogP contribution in [0, 0.1) is 11.8 Å². The van der Waals surface area contributed by atoms with E-state index in [1.165, 1.54) is 0 Å². The second kappa shape index (κ2) is 12.8. The molecule has 186 valence electrons. The van der Waals surface area contributed by atoms with E-state index < -0.39 is 18.6 Å². The highest BCUT2D eigenvalue weighted by Crippen LogP contribution is 2.21. The summed E-state index contributed by atoms with van der Waals surface area (Å²) in [6.45, 7) is 7.42. The molecule has 2 saturated heterocycles. The maximum absolute atomic E-state index is 12.7. The molecule has 2 unspecified atom stereocenters. The van der Waals surface area contributed by atoms with Crippen LogP contribution in [0.2, 0.25) is 0 Å². The van der Waals surface area contributed by atoms with Gasteiger partial charge in [0, 0.05) is 53.4 Å². The molecule has 0 bridgehead atoms. The van der Waals surface area contributed by atoms with Gasteiger partial charge in [0.05, 0.1) is 13.1 Å². The molecule has 2 aliphatic heterocycles. The van der Waals surface area contributed by atoms with Crippen molar-refractivity contribution in [1.82, 2.24) is 24.9 Å². The van der Waals surface area contributed by atoms with Crippen LogP contribution in [0.25, 0.3) is 0 Å². The lowest BCUT2D eigenvalue weighted by molar-refractivity contribution is -0.157. The van der Waals surface area contributed by atoms with E-state index in [-0.39, 0.29) is 36.4 Å². The molecule has 2 heterocycles. The third kappa shape index (κ3) is 9.28. The number of alkyl halides is 3. The van der Waals surface area contributed by atoms with Gasteiger partial charge in [-0.25, -0.2) is 0 Å². The fourth-order valence-corrected chi connectivity index (χ4v) is 4.25. The molecule has 0 aromatic heterocycles. The Morgan fingerprint density at radius 1 is 1.06 bits per heavy atom. The normalized spacial score (nSPS) is 22.9. The molecule has 0 aromatic carbocycles. The second-order valence-corrected chi connectivity index (χ2v) is 8.77. The zero-order valence-electron chi connectivity index (χ0n) is 19.3. The molecule has 32 heavy (non-hydrogen) atoms. The van der Waals surface area contributed by atoms with Crippen LogP contribution < -0.4 is 5.32 Å². The van der Waals surface area contributed by atoms with Crippen LogP contribution in [0.3, 0.4) is 0 Å². The van der Waals surface area contributed by atoms with E-state index in [9.17, 15) is 22.8 Å². The number of halogens is 4. The first kappa shape index (κ1) is 28.7. The molecule has 0 saturated carbocycles. The van der Waals surface area contributed by atoms with Crippen molar-refractivity contribution in [2.75, 3.05) is 73.0 Å². The molecule has 2 rings (SSSR count). The maximum Gasteiger partial charge on any atom is 0.406 e. The Labute approximate surface area is 205 Å². The summed E-state index contributed by atoms with van der Waals surface area (Å²) in [6, 6.07) is 0. The number of nitrogens with zero attached hydrogens (tertiary/aromatic N) is 5. The highest BCUT2D eigenvalue weighted by Gasteiger charge is 2.31. The van der Waals surface area contributed by atoms with Crippen LogP contribution in [-0.2, 0) is 9.59 Å². The standard InChI is InChI=1S/C20H35F3N6O2.HI/c1-15-9-16(2)12-29(11-15)18(31)13-27-5-7-28(8-6-27)19(24-3)25-10-17(30)26(4)14-20(21,22)23;/h15-16H,5-14H2,1-4H3,(H,24,25);1H. The largest absolute Gasteiger partial charge is 0.406 e. The van der Waals surface area contributed by atoms with Gasteiger partial charge in [0.25, 0.3) is 0 Å². The third-order valence-electron chi connectivity index (χ3n) is 5.70. The zero-order valence-corrected chi connectivity index (χ0v) is 21.7. The minimum absolute atomic E-state index is 0. The van der Waals surface area contributed by atoms with Crippen LogP contribution in [0.1, 0.15) is 20.3 Å². The van der Waals surface area contributed by atoms with Gasteiger partial charge in [-0.15, -0.1) is 24.0 Å². The zero-order chi connectivity index (χ0) is 23.2. The number of likely N-dealkylation sites (tertiary alicyclic amines) is 1. The fraction of sp³-hybridized carbons (Fsp3) is 0.850. The summed E-state index contributed by atoms with van der Waals surface area (Å²) < 4.78 is 37.3. The van der Waals surface area contributed by atoms with Crippen molar-refractivity contribution in [2.45, 2.75) is 26.4 Å². The van der Waals surface area contributed by atoms with Gasteiger partial charge in [-0.05, 0) is 18.3 Å². The topological polar surface area (TPSA) is 71.5 Å². The van der Waals surface area contributed by atoms with Crippen LogP contribution in [0.15, 0.2) is 4.99 Å². The Kier molecular flexibility index (Phi) is 11.5. The lowest BCUT2D eigenvalue weighted by Crippen LogP contribution is -2.55. The van der Waals surface area contributed by atoms with Gasteiger partial charge in [0.15, 0.2) is 5.96 Å². The average Bonchev–Trinajstić information content (AvgIpc) is 2.67. The average molecular weight is 576 g/mol. The Hall–Kier alpha value is -1.31. The SMILES string of the molecule is CN=C(NCC(=O)N(C)CC(F)(F)F)N1CCN(CC(=O)N2CC(C)CC(C)C2)CC1.I. The number of aliphatic imine (C=N–C) groups is 1. The van der Waals surface area contributed by atoms with E-state index in [0.29, 0.717) is 55.4 Å². The monoisotopic (exact) mass is 576 g/mol. The minimum Gasteiger partial charge on any atom is -0.347 e. The summed E-state index contributed by atoms with van der Waals surface area (Å²) in [5.74, 6) is 1.02. The van der Waals surface area contributed by atoms with Crippen LogP contribution >= 0.6 is 24.0 Å². The molecule has 0 aromatic rings. The molecule has 12 heteroatoms. The first-order chi connectivity index (χ1) is 14.5. The van der Waals surface area contributed by atoms with Gasteiger partial charge in [-0.1, -0.05) is 13.8 Å². The smallest absolute Gasteiger partial charge is 0.347 e. The number of hydrogen-bond donors (Lipinski definition) is 1. The number of piperidine rings is 1. The van der Waals surface area contributed by atoms with Crippen molar-refractivity contribution in [3.05, 3.63) is 0 Å². The minimum atomic E-state index is -4.43. The van der Waals surface area contributed by atoms with Gasteiger partial charge in [0.2, 0.25) is 11.8 Å². The van der Waals surface area contributed by atoms with E-state index in [0.717, 1.165) is 26.6 Å². The molecular formula is C20H36F3IN6O2. The highest BCUT2D eigenvalue weighted by molar-refractivity contribution is 14.0. The molecular weight excluding hydrogens is 540 g/mol. The number of nitrogens with one attached hydrogen (secondary N) is 1. The summed E-state index contributed by atoms with van der Waals surface area (Å²) in [7, 11) is 2.70. The van der Waals surface area contributed by atoms with Crippen molar-refractivity contribution >= 4 is 41.8 Å². The van der Waals surface area contributed by atoms with Crippen molar-refractivity contribution < 1.29 is 22.8 Å². The highest BCUT2D eigenvalue weighted by atomic mass is 127. The number of carbonyl (C=O) groups excluding carboxylic acids is 2. The first-order valence-corrected chi connectivity index (χ1v) is 10.7. The molecule has 2 amide bonds. The number of carbonyl (C=O) groups is 2. The number of piperazine rings is 1. The van der Waals surface area contributed by atoms with E-state index >= 15 is 0 Å². The van der Waals surface area contributed by atoms with E-state index in [1.807, 2.05) is 9.80 Å². The van der Waals surface area contributed by atoms with Gasteiger partial charge in [-0.3, -0.25) is 19.5 Å². The van der Waals surface area contributed by atoms with Gasteiger partial charge in [0.1, 0.15) is 6.54 Å². The molecule has 0 aliphatic carbocycles. The summed E-state index contributed by atoms with van der Waals surface area (Å²) in [4.78, 5) is 35.4. The number of amides is 2. The van der Waals surface area contributed by atoms with Crippen molar-refractivity contribution in [3.63, 3.8) is 0 Å². The summed E-state index contributed by atoms with van der Waals surface area (Å²) in [6.07, 6.45) is -3.27. The van der Waals surface area contributed by atoms with Crippen LogP contribution in [0.4, 0.5) is 13.2 Å².